The van der Waals surface area contributed by atoms with E-state index in [1.54, 1.807) is 12.4 Å². The molecule has 1 aromatic rings. The molecule has 2 heterocycles. The summed E-state index contributed by atoms with van der Waals surface area (Å²) >= 11 is 6.11. The smallest absolute Gasteiger partial charge is 0.0634 e. The first-order chi connectivity index (χ1) is 8.29. The highest BCUT2D eigenvalue weighted by atomic mass is 35.5. The highest BCUT2D eigenvalue weighted by Crippen LogP contribution is 2.22. The van der Waals surface area contributed by atoms with Crippen LogP contribution in [0.5, 0.6) is 0 Å². The number of halogens is 1. The molecule has 1 aliphatic rings. The van der Waals surface area contributed by atoms with Crippen molar-refractivity contribution in [3.05, 3.63) is 29.0 Å². The van der Waals surface area contributed by atoms with Crippen molar-refractivity contribution in [3.8, 4) is 0 Å². The van der Waals surface area contributed by atoms with Gasteiger partial charge in [0.15, 0.2) is 0 Å². The average Bonchev–Trinajstić information content (AvgIpc) is 2.33. The molecule has 0 amide bonds. The zero-order valence-corrected chi connectivity index (χ0v) is 10.7. The predicted octanol–water partition coefficient (Wildman–Crippen LogP) is 2.33. The normalized spacial score (nSPS) is 21.6. The Morgan fingerprint density at radius 3 is 3.18 bits per heavy atom. The molecule has 1 fully saturated rings. The lowest BCUT2D eigenvalue weighted by Crippen LogP contribution is -2.35. The first-order valence-electron chi connectivity index (χ1n) is 6.21. The van der Waals surface area contributed by atoms with Gasteiger partial charge in [0.1, 0.15) is 0 Å². The maximum absolute atomic E-state index is 8.99. The number of hydrogen-bond acceptors (Lipinski definition) is 3. The van der Waals surface area contributed by atoms with Gasteiger partial charge >= 0.3 is 0 Å². The Morgan fingerprint density at radius 1 is 1.53 bits per heavy atom. The van der Waals surface area contributed by atoms with Crippen LogP contribution in [0, 0.1) is 5.92 Å². The maximum Gasteiger partial charge on any atom is 0.0634 e. The molecular weight excluding hydrogens is 236 g/mol. The average molecular weight is 255 g/mol. The topological polar surface area (TPSA) is 36.4 Å². The van der Waals surface area contributed by atoms with E-state index in [0.29, 0.717) is 12.5 Å². The van der Waals surface area contributed by atoms with Gasteiger partial charge in [-0.25, -0.2) is 0 Å². The molecule has 0 aromatic carbocycles. The lowest BCUT2D eigenvalue weighted by atomic mass is 9.95. The number of aliphatic hydroxyl groups excluding tert-OH is 1. The van der Waals surface area contributed by atoms with Gasteiger partial charge in [0.2, 0.25) is 0 Å². The van der Waals surface area contributed by atoms with Crippen LogP contribution in [0.1, 0.15) is 24.8 Å². The van der Waals surface area contributed by atoms with Crippen molar-refractivity contribution >= 4 is 11.6 Å². The Bertz CT molecular complexity index is 357. The second-order valence-corrected chi connectivity index (χ2v) is 5.13. The van der Waals surface area contributed by atoms with Gasteiger partial charge in [-0.05, 0) is 43.4 Å². The van der Waals surface area contributed by atoms with Gasteiger partial charge in [0.05, 0.1) is 5.02 Å². The minimum atomic E-state index is 0.300. The van der Waals surface area contributed by atoms with Crippen LogP contribution in [0.15, 0.2) is 18.5 Å². The molecule has 1 N–H and O–H groups in total. The molecule has 0 radical (unpaired) electrons. The van der Waals surface area contributed by atoms with E-state index in [-0.39, 0.29) is 0 Å². The van der Waals surface area contributed by atoms with Crippen molar-refractivity contribution in [1.82, 2.24) is 9.88 Å². The summed E-state index contributed by atoms with van der Waals surface area (Å²) in [6.07, 6.45) is 6.86. The van der Waals surface area contributed by atoms with E-state index in [1.165, 1.54) is 12.8 Å². The molecule has 1 saturated heterocycles. The zero-order valence-electron chi connectivity index (χ0n) is 9.98. The van der Waals surface area contributed by atoms with Crippen molar-refractivity contribution in [3.63, 3.8) is 0 Å². The van der Waals surface area contributed by atoms with Crippen molar-refractivity contribution in [2.75, 3.05) is 19.7 Å². The van der Waals surface area contributed by atoms with Gasteiger partial charge in [-0.15, -0.1) is 0 Å². The van der Waals surface area contributed by atoms with E-state index in [1.807, 2.05) is 6.07 Å². The second-order valence-electron chi connectivity index (χ2n) is 4.72. The van der Waals surface area contributed by atoms with Gasteiger partial charge in [0.25, 0.3) is 0 Å². The van der Waals surface area contributed by atoms with Crippen LogP contribution in [0.4, 0.5) is 0 Å². The van der Waals surface area contributed by atoms with Gasteiger partial charge < -0.3 is 5.11 Å². The van der Waals surface area contributed by atoms with Crippen LogP contribution in [0.2, 0.25) is 5.02 Å². The summed E-state index contributed by atoms with van der Waals surface area (Å²) in [5.41, 5.74) is 1.14. The number of piperidine rings is 1. The summed E-state index contributed by atoms with van der Waals surface area (Å²) in [6, 6.07) is 1.98. The molecule has 1 aromatic heterocycles. The van der Waals surface area contributed by atoms with E-state index in [2.05, 4.69) is 9.88 Å². The van der Waals surface area contributed by atoms with Crippen molar-refractivity contribution in [1.29, 1.82) is 0 Å². The molecule has 0 saturated carbocycles. The van der Waals surface area contributed by atoms with Gasteiger partial charge in [-0.2, -0.15) is 0 Å². The number of nitrogens with zero attached hydrogens (tertiary/aromatic N) is 2. The molecule has 4 heteroatoms. The molecule has 2 rings (SSSR count). The Morgan fingerprint density at radius 2 is 2.41 bits per heavy atom. The minimum Gasteiger partial charge on any atom is -0.396 e. The summed E-state index contributed by atoms with van der Waals surface area (Å²) in [6.45, 7) is 3.39. The maximum atomic E-state index is 8.99. The lowest BCUT2D eigenvalue weighted by molar-refractivity contribution is 0.142. The van der Waals surface area contributed by atoms with Crippen molar-refractivity contribution in [2.24, 2.45) is 5.92 Å². The van der Waals surface area contributed by atoms with Crippen LogP contribution in [-0.2, 0) is 6.54 Å². The van der Waals surface area contributed by atoms with E-state index in [4.69, 9.17) is 16.7 Å². The number of aliphatic hydroxyl groups is 1. The third-order valence-electron chi connectivity index (χ3n) is 3.39. The van der Waals surface area contributed by atoms with Crippen LogP contribution < -0.4 is 0 Å². The SMILES string of the molecule is OCCC1CCCN(Cc2ccncc2Cl)C1. The van der Waals surface area contributed by atoms with Crippen LogP contribution >= 0.6 is 11.6 Å². The number of rotatable bonds is 4. The Labute approximate surface area is 107 Å². The Balaban J connectivity index is 1.92. The van der Waals surface area contributed by atoms with Crippen LogP contribution in [0.3, 0.4) is 0 Å². The van der Waals surface area contributed by atoms with Crippen molar-refractivity contribution < 1.29 is 5.11 Å². The number of hydrogen-bond donors (Lipinski definition) is 1. The molecule has 0 aliphatic carbocycles. The van der Waals surface area contributed by atoms with Crippen LogP contribution in [0.25, 0.3) is 0 Å². The first kappa shape index (κ1) is 12.8. The molecule has 1 aliphatic heterocycles. The Kier molecular flexibility index (Phi) is 4.77. The quantitative estimate of drug-likeness (QED) is 0.896. The number of pyridine rings is 1. The fourth-order valence-corrected chi connectivity index (χ4v) is 2.67. The molecule has 0 bridgehead atoms. The second kappa shape index (κ2) is 6.34. The highest BCUT2D eigenvalue weighted by molar-refractivity contribution is 6.31. The van der Waals surface area contributed by atoms with Gasteiger partial charge in [0, 0.05) is 32.1 Å². The monoisotopic (exact) mass is 254 g/mol. The lowest BCUT2D eigenvalue weighted by Gasteiger charge is -2.32. The standard InChI is InChI=1S/C13H19ClN2O/c14-13-8-15-5-3-12(13)10-16-6-1-2-11(9-16)4-7-17/h3,5,8,11,17H,1-2,4,6-7,9-10H2. The third kappa shape index (κ3) is 3.66. The van der Waals surface area contributed by atoms with E-state index in [0.717, 1.165) is 36.6 Å². The molecule has 17 heavy (non-hydrogen) atoms. The largest absolute Gasteiger partial charge is 0.396 e. The zero-order chi connectivity index (χ0) is 12.1. The molecule has 1 atom stereocenters. The van der Waals surface area contributed by atoms with E-state index >= 15 is 0 Å². The van der Waals surface area contributed by atoms with Crippen molar-refractivity contribution in [2.45, 2.75) is 25.8 Å². The summed E-state index contributed by atoms with van der Waals surface area (Å²) in [5.74, 6) is 0.634. The molecular formula is C13H19ClN2O. The van der Waals surface area contributed by atoms with E-state index < -0.39 is 0 Å². The summed E-state index contributed by atoms with van der Waals surface area (Å²) in [7, 11) is 0. The third-order valence-corrected chi connectivity index (χ3v) is 3.73. The molecule has 1 unspecified atom stereocenters. The fourth-order valence-electron chi connectivity index (χ4n) is 2.49. The van der Waals surface area contributed by atoms with Gasteiger partial charge in [-0.3, -0.25) is 9.88 Å². The molecule has 0 spiro atoms. The minimum absolute atomic E-state index is 0.300. The Hall–Kier alpha value is -0.640. The summed E-state index contributed by atoms with van der Waals surface area (Å²) < 4.78 is 0. The molecule has 94 valence electrons. The molecule has 3 nitrogen and oxygen atoms in total. The predicted molar refractivity (Wildman–Crippen MR) is 69.0 cm³/mol. The highest BCUT2D eigenvalue weighted by Gasteiger charge is 2.19. The fraction of sp³-hybridized carbons (Fsp3) is 0.615. The summed E-state index contributed by atoms with van der Waals surface area (Å²) in [4.78, 5) is 6.42. The van der Waals surface area contributed by atoms with Crippen LogP contribution in [-0.4, -0.2) is 34.7 Å². The van der Waals surface area contributed by atoms with E-state index in [9.17, 15) is 0 Å². The number of aromatic nitrogens is 1. The first-order valence-corrected chi connectivity index (χ1v) is 6.59. The van der Waals surface area contributed by atoms with Gasteiger partial charge in [-0.1, -0.05) is 11.6 Å². The summed E-state index contributed by atoms with van der Waals surface area (Å²) in [5, 5.41) is 9.74. The number of likely N-dealkylation sites (tertiary alicyclic amines) is 1.